The van der Waals surface area contributed by atoms with Crippen molar-refractivity contribution in [3.05, 3.63) is 94.8 Å². The molecule has 0 aliphatic heterocycles. The number of benzene rings is 3. The maximum atomic E-state index is 12.7. The molecule has 0 fully saturated rings. The van der Waals surface area contributed by atoms with Crippen molar-refractivity contribution >= 4 is 35.0 Å². The molecule has 0 bridgehead atoms. The first-order chi connectivity index (χ1) is 16.5. The van der Waals surface area contributed by atoms with E-state index in [0.717, 1.165) is 28.4 Å². The molecule has 0 aliphatic carbocycles. The number of amides is 1. The van der Waals surface area contributed by atoms with Gasteiger partial charge in [0.1, 0.15) is 11.6 Å². The molecular weight excluding hydrogens is 468 g/mol. The Morgan fingerprint density at radius 3 is 2.56 bits per heavy atom. The van der Waals surface area contributed by atoms with Crippen LogP contribution in [0.15, 0.2) is 78.0 Å². The maximum Gasteiger partial charge on any atom is 0.234 e. The van der Waals surface area contributed by atoms with E-state index in [9.17, 15) is 4.79 Å². The second kappa shape index (κ2) is 11.2. The molecule has 4 aromatic rings. The van der Waals surface area contributed by atoms with Crippen molar-refractivity contribution in [2.45, 2.75) is 25.4 Å². The maximum absolute atomic E-state index is 12.7. The Kier molecular flexibility index (Phi) is 7.87. The van der Waals surface area contributed by atoms with Gasteiger partial charge in [-0.1, -0.05) is 59.8 Å². The van der Waals surface area contributed by atoms with Gasteiger partial charge in [0.15, 0.2) is 5.16 Å². The average molecular weight is 493 g/mol. The molecule has 1 amide bonds. The third kappa shape index (κ3) is 5.98. The quantitative estimate of drug-likeness (QED) is 0.292. The van der Waals surface area contributed by atoms with Crippen LogP contribution in [-0.4, -0.2) is 33.0 Å². The van der Waals surface area contributed by atoms with E-state index >= 15 is 0 Å². The first-order valence-corrected chi connectivity index (χ1v) is 12.3. The zero-order valence-corrected chi connectivity index (χ0v) is 20.6. The van der Waals surface area contributed by atoms with E-state index in [1.165, 1.54) is 11.8 Å². The van der Waals surface area contributed by atoms with Crippen LogP contribution < -0.4 is 10.1 Å². The van der Waals surface area contributed by atoms with Gasteiger partial charge >= 0.3 is 0 Å². The summed E-state index contributed by atoms with van der Waals surface area (Å²) in [5.41, 5.74) is 3.70. The number of aryl methyl sites for hydroxylation is 1. The molecular formula is C26H25ClN4O2S. The number of halogens is 1. The van der Waals surface area contributed by atoms with E-state index in [-0.39, 0.29) is 11.7 Å². The molecule has 3 aromatic carbocycles. The summed E-state index contributed by atoms with van der Waals surface area (Å²) in [5, 5.41) is 13.0. The summed E-state index contributed by atoms with van der Waals surface area (Å²) >= 11 is 7.41. The van der Waals surface area contributed by atoms with Crippen molar-refractivity contribution in [1.82, 2.24) is 14.8 Å². The molecule has 1 N–H and O–H groups in total. The van der Waals surface area contributed by atoms with Crippen LogP contribution in [0.1, 0.15) is 23.9 Å². The van der Waals surface area contributed by atoms with Crippen molar-refractivity contribution in [1.29, 1.82) is 0 Å². The third-order valence-corrected chi connectivity index (χ3v) is 6.28. The standard InChI is InChI=1S/C26H25ClN4O2S/c1-3-33-22-13-11-21(12-14-22)31-24(15-19-7-5-4-6-8-19)29-30-26(31)34-17-25(32)28-23-16-20(27)10-9-18(23)2/h4-14,16H,3,15,17H2,1-2H3,(H,28,32). The third-order valence-electron chi connectivity index (χ3n) is 5.12. The summed E-state index contributed by atoms with van der Waals surface area (Å²) < 4.78 is 7.57. The monoisotopic (exact) mass is 492 g/mol. The zero-order valence-electron chi connectivity index (χ0n) is 19.0. The van der Waals surface area contributed by atoms with Gasteiger partial charge in [-0.25, -0.2) is 0 Å². The van der Waals surface area contributed by atoms with Crippen molar-refractivity contribution in [3.63, 3.8) is 0 Å². The Hall–Kier alpha value is -3.29. The average Bonchev–Trinajstić information content (AvgIpc) is 3.24. The van der Waals surface area contributed by atoms with Crippen molar-refractivity contribution < 1.29 is 9.53 Å². The van der Waals surface area contributed by atoms with Crippen LogP contribution in [0.5, 0.6) is 5.75 Å². The number of nitrogens with zero attached hydrogens (tertiary/aromatic N) is 3. The minimum atomic E-state index is -0.138. The van der Waals surface area contributed by atoms with Crippen LogP contribution in [0.2, 0.25) is 5.02 Å². The lowest BCUT2D eigenvalue weighted by molar-refractivity contribution is -0.113. The van der Waals surface area contributed by atoms with Gasteiger partial charge in [-0.05, 0) is 61.4 Å². The van der Waals surface area contributed by atoms with Crippen LogP contribution in [0, 0.1) is 6.92 Å². The number of anilines is 1. The van der Waals surface area contributed by atoms with E-state index in [2.05, 4.69) is 27.6 Å². The van der Waals surface area contributed by atoms with E-state index in [0.29, 0.717) is 28.9 Å². The summed E-state index contributed by atoms with van der Waals surface area (Å²) in [5.74, 6) is 1.64. The van der Waals surface area contributed by atoms with Crippen LogP contribution in [0.4, 0.5) is 5.69 Å². The lowest BCUT2D eigenvalue weighted by atomic mass is 10.1. The lowest BCUT2D eigenvalue weighted by Crippen LogP contribution is -2.15. The lowest BCUT2D eigenvalue weighted by Gasteiger charge is -2.12. The van der Waals surface area contributed by atoms with E-state index in [4.69, 9.17) is 16.3 Å². The summed E-state index contributed by atoms with van der Waals surface area (Å²) in [6, 6.07) is 23.3. The van der Waals surface area contributed by atoms with Gasteiger partial charge in [-0.2, -0.15) is 0 Å². The highest BCUT2D eigenvalue weighted by Crippen LogP contribution is 2.26. The van der Waals surface area contributed by atoms with Crippen LogP contribution in [0.25, 0.3) is 5.69 Å². The number of hydrogen-bond donors (Lipinski definition) is 1. The fourth-order valence-electron chi connectivity index (χ4n) is 3.45. The van der Waals surface area contributed by atoms with Crippen molar-refractivity contribution in [3.8, 4) is 11.4 Å². The topological polar surface area (TPSA) is 69.0 Å². The molecule has 0 spiro atoms. The molecule has 0 saturated carbocycles. The van der Waals surface area contributed by atoms with Gasteiger partial charge in [-0.15, -0.1) is 10.2 Å². The summed E-state index contributed by atoms with van der Waals surface area (Å²) in [7, 11) is 0. The molecule has 0 unspecified atom stereocenters. The largest absolute Gasteiger partial charge is 0.494 e. The van der Waals surface area contributed by atoms with E-state index in [1.54, 1.807) is 12.1 Å². The van der Waals surface area contributed by atoms with Gasteiger partial charge in [0, 0.05) is 22.8 Å². The number of carbonyl (C=O) groups excluding carboxylic acids is 1. The molecule has 0 saturated heterocycles. The van der Waals surface area contributed by atoms with Gasteiger partial charge in [0.25, 0.3) is 0 Å². The number of aromatic nitrogens is 3. The second-order valence-electron chi connectivity index (χ2n) is 7.62. The highest BCUT2D eigenvalue weighted by Gasteiger charge is 2.17. The molecule has 0 radical (unpaired) electrons. The second-order valence-corrected chi connectivity index (χ2v) is 9.00. The normalized spacial score (nSPS) is 10.8. The SMILES string of the molecule is CCOc1ccc(-n2c(Cc3ccccc3)nnc2SCC(=O)Nc2cc(Cl)ccc2C)cc1. The molecule has 0 aliphatic rings. The fraction of sp³-hybridized carbons (Fsp3) is 0.192. The molecule has 6 nitrogen and oxygen atoms in total. The number of ether oxygens (including phenoxy) is 1. The number of nitrogens with one attached hydrogen (secondary N) is 1. The van der Waals surface area contributed by atoms with Gasteiger partial charge in [0.2, 0.25) is 5.91 Å². The Balaban J connectivity index is 1.56. The highest BCUT2D eigenvalue weighted by atomic mass is 35.5. The Bertz CT molecular complexity index is 1260. The predicted molar refractivity (Wildman–Crippen MR) is 137 cm³/mol. The molecule has 0 atom stereocenters. The number of thioether (sulfide) groups is 1. The zero-order chi connectivity index (χ0) is 23.9. The summed E-state index contributed by atoms with van der Waals surface area (Å²) in [6.45, 7) is 4.49. The molecule has 34 heavy (non-hydrogen) atoms. The molecule has 8 heteroatoms. The summed E-state index contributed by atoms with van der Waals surface area (Å²) in [4.78, 5) is 12.7. The molecule has 174 valence electrons. The minimum Gasteiger partial charge on any atom is -0.494 e. The van der Waals surface area contributed by atoms with Crippen LogP contribution >= 0.6 is 23.4 Å². The minimum absolute atomic E-state index is 0.138. The van der Waals surface area contributed by atoms with Crippen molar-refractivity contribution in [2.24, 2.45) is 0 Å². The van der Waals surface area contributed by atoms with Crippen LogP contribution in [-0.2, 0) is 11.2 Å². The van der Waals surface area contributed by atoms with Gasteiger partial charge in [0.05, 0.1) is 12.4 Å². The Morgan fingerprint density at radius 2 is 1.82 bits per heavy atom. The van der Waals surface area contributed by atoms with Gasteiger partial charge < -0.3 is 10.1 Å². The van der Waals surface area contributed by atoms with Crippen molar-refractivity contribution in [2.75, 3.05) is 17.7 Å². The molecule has 1 aromatic heterocycles. The predicted octanol–water partition coefficient (Wildman–Crippen LogP) is 5.95. The van der Waals surface area contributed by atoms with Crippen LogP contribution in [0.3, 0.4) is 0 Å². The number of hydrogen-bond acceptors (Lipinski definition) is 5. The molecule has 1 heterocycles. The number of rotatable bonds is 9. The molecule has 4 rings (SSSR count). The summed E-state index contributed by atoms with van der Waals surface area (Å²) in [6.07, 6.45) is 0.621. The highest BCUT2D eigenvalue weighted by molar-refractivity contribution is 7.99. The first-order valence-electron chi connectivity index (χ1n) is 10.9. The van der Waals surface area contributed by atoms with E-state index in [1.807, 2.05) is 66.9 Å². The van der Waals surface area contributed by atoms with Gasteiger partial charge in [-0.3, -0.25) is 9.36 Å². The Morgan fingerprint density at radius 1 is 1.06 bits per heavy atom. The number of carbonyl (C=O) groups is 1. The first kappa shape index (κ1) is 23.9. The van der Waals surface area contributed by atoms with E-state index < -0.39 is 0 Å². The fourth-order valence-corrected chi connectivity index (χ4v) is 4.39. The smallest absolute Gasteiger partial charge is 0.234 e. The Labute approximate surface area is 208 Å².